The van der Waals surface area contributed by atoms with Crippen molar-refractivity contribution in [1.82, 2.24) is 4.98 Å². The summed E-state index contributed by atoms with van der Waals surface area (Å²) in [6.45, 7) is 5.84. The minimum Gasteiger partial charge on any atom is -0.383 e. The third-order valence-electron chi connectivity index (χ3n) is 2.88. The van der Waals surface area contributed by atoms with E-state index in [4.69, 9.17) is 11.5 Å². The predicted molar refractivity (Wildman–Crippen MR) is 65.1 cm³/mol. The summed E-state index contributed by atoms with van der Waals surface area (Å²) in [6, 6.07) is 1.24. The molecule has 1 aromatic rings. The number of aromatic nitrogens is 1. The minimum atomic E-state index is -0.504. The van der Waals surface area contributed by atoms with E-state index in [0.29, 0.717) is 5.56 Å². The van der Waals surface area contributed by atoms with Crippen LogP contribution in [0.15, 0.2) is 12.3 Å². The van der Waals surface area contributed by atoms with Gasteiger partial charge in [0, 0.05) is 6.20 Å². The average Bonchev–Trinajstić information content (AvgIpc) is 2.29. The number of aryl methyl sites for hydroxylation is 1. The second-order valence-electron chi connectivity index (χ2n) is 4.22. The second kappa shape index (κ2) is 5.07. The Morgan fingerprint density at radius 3 is 2.75 bits per heavy atom. The molecular weight excluding hydrogens is 202 g/mol. The number of pyridine rings is 1. The SMILES string of the molecule is CCC(C)C(N)C(=O)c1cc(C)cnc1N. The number of anilines is 1. The van der Waals surface area contributed by atoms with Crippen molar-refractivity contribution in [2.45, 2.75) is 33.2 Å². The van der Waals surface area contributed by atoms with Crippen LogP contribution in [0.4, 0.5) is 5.82 Å². The normalized spacial score (nSPS) is 14.5. The summed E-state index contributed by atoms with van der Waals surface area (Å²) < 4.78 is 0. The number of nitrogens with two attached hydrogens (primary N) is 2. The zero-order valence-electron chi connectivity index (χ0n) is 10.0. The van der Waals surface area contributed by atoms with E-state index in [1.807, 2.05) is 20.8 Å². The molecule has 1 aromatic heterocycles. The highest BCUT2D eigenvalue weighted by atomic mass is 16.1. The standard InChI is InChI=1S/C12H19N3O/c1-4-8(3)10(13)11(16)9-5-7(2)6-15-12(9)14/h5-6,8,10H,4,13H2,1-3H3,(H2,14,15). The predicted octanol–water partition coefficient (Wildman–Crippen LogP) is 1.53. The van der Waals surface area contributed by atoms with Crippen LogP contribution in [0, 0.1) is 12.8 Å². The number of Topliss-reactive ketones (excluding diaryl/α,β-unsaturated/α-hetero) is 1. The van der Waals surface area contributed by atoms with Crippen molar-refractivity contribution in [1.29, 1.82) is 0 Å². The summed E-state index contributed by atoms with van der Waals surface area (Å²) in [7, 11) is 0. The lowest BCUT2D eigenvalue weighted by molar-refractivity contribution is 0.0935. The van der Waals surface area contributed by atoms with Gasteiger partial charge in [-0.05, 0) is 24.5 Å². The van der Waals surface area contributed by atoms with E-state index in [2.05, 4.69) is 4.98 Å². The lowest BCUT2D eigenvalue weighted by Gasteiger charge is -2.17. The highest BCUT2D eigenvalue weighted by molar-refractivity contribution is 6.03. The first-order valence-electron chi connectivity index (χ1n) is 5.49. The average molecular weight is 221 g/mol. The lowest BCUT2D eigenvalue weighted by atomic mass is 9.92. The molecule has 16 heavy (non-hydrogen) atoms. The Balaban J connectivity index is 3.00. The summed E-state index contributed by atoms with van der Waals surface area (Å²) in [6.07, 6.45) is 2.51. The molecule has 0 aliphatic rings. The van der Waals surface area contributed by atoms with Gasteiger partial charge >= 0.3 is 0 Å². The van der Waals surface area contributed by atoms with Gasteiger partial charge in [0.05, 0.1) is 11.6 Å². The fourth-order valence-corrected chi connectivity index (χ4v) is 1.47. The van der Waals surface area contributed by atoms with Crippen molar-refractivity contribution in [2.24, 2.45) is 11.7 Å². The molecule has 2 atom stereocenters. The Morgan fingerprint density at radius 2 is 2.19 bits per heavy atom. The van der Waals surface area contributed by atoms with Gasteiger partial charge in [-0.2, -0.15) is 0 Å². The van der Waals surface area contributed by atoms with Crippen molar-refractivity contribution >= 4 is 11.6 Å². The van der Waals surface area contributed by atoms with Crippen LogP contribution in [-0.2, 0) is 0 Å². The molecule has 0 aromatic carbocycles. The van der Waals surface area contributed by atoms with E-state index in [-0.39, 0.29) is 17.5 Å². The first-order valence-corrected chi connectivity index (χ1v) is 5.49. The third kappa shape index (κ3) is 2.58. The van der Waals surface area contributed by atoms with Crippen LogP contribution >= 0.6 is 0 Å². The molecule has 2 unspecified atom stereocenters. The third-order valence-corrected chi connectivity index (χ3v) is 2.88. The highest BCUT2D eigenvalue weighted by Crippen LogP contribution is 2.16. The van der Waals surface area contributed by atoms with Gasteiger partial charge in [0.1, 0.15) is 5.82 Å². The molecule has 1 heterocycles. The Kier molecular flexibility index (Phi) is 4.01. The van der Waals surface area contributed by atoms with E-state index in [1.54, 1.807) is 12.3 Å². The molecule has 0 bridgehead atoms. The van der Waals surface area contributed by atoms with Gasteiger partial charge in [0.25, 0.3) is 0 Å². The van der Waals surface area contributed by atoms with Crippen molar-refractivity contribution < 1.29 is 4.79 Å². The van der Waals surface area contributed by atoms with Gasteiger partial charge in [-0.3, -0.25) is 4.79 Å². The zero-order valence-corrected chi connectivity index (χ0v) is 10.0. The van der Waals surface area contributed by atoms with E-state index in [0.717, 1.165) is 12.0 Å². The molecule has 0 fully saturated rings. The first kappa shape index (κ1) is 12.6. The Bertz CT molecular complexity index is 390. The fraction of sp³-hybridized carbons (Fsp3) is 0.500. The molecule has 0 aliphatic carbocycles. The van der Waals surface area contributed by atoms with Crippen LogP contribution in [0.2, 0.25) is 0 Å². The number of carbonyl (C=O) groups is 1. The molecule has 1 rings (SSSR count). The summed E-state index contributed by atoms with van der Waals surface area (Å²) in [5.74, 6) is 0.282. The molecule has 0 saturated heterocycles. The van der Waals surface area contributed by atoms with Crippen molar-refractivity contribution in [3.05, 3.63) is 23.4 Å². The number of rotatable bonds is 4. The monoisotopic (exact) mass is 221 g/mol. The molecule has 0 saturated carbocycles. The number of ketones is 1. The molecule has 0 aliphatic heterocycles. The maximum Gasteiger partial charge on any atom is 0.183 e. The molecule has 4 nitrogen and oxygen atoms in total. The first-order chi connectivity index (χ1) is 7.47. The van der Waals surface area contributed by atoms with Crippen LogP contribution < -0.4 is 11.5 Å². The van der Waals surface area contributed by atoms with Crippen molar-refractivity contribution in [3.8, 4) is 0 Å². The summed E-state index contributed by atoms with van der Waals surface area (Å²) in [4.78, 5) is 16.0. The Labute approximate surface area is 96.0 Å². The largest absolute Gasteiger partial charge is 0.383 e. The van der Waals surface area contributed by atoms with Crippen LogP contribution in [0.5, 0.6) is 0 Å². The topological polar surface area (TPSA) is 82.0 Å². The minimum absolute atomic E-state index is 0.122. The number of hydrogen-bond donors (Lipinski definition) is 2. The molecule has 0 amide bonds. The van der Waals surface area contributed by atoms with Gasteiger partial charge in [-0.25, -0.2) is 4.98 Å². The van der Waals surface area contributed by atoms with E-state index in [9.17, 15) is 4.79 Å². The number of nitrogen functional groups attached to an aromatic ring is 1. The van der Waals surface area contributed by atoms with E-state index < -0.39 is 6.04 Å². The summed E-state index contributed by atoms with van der Waals surface area (Å²) in [5.41, 5.74) is 12.9. The molecule has 0 radical (unpaired) electrons. The molecular formula is C12H19N3O. The van der Waals surface area contributed by atoms with Crippen LogP contribution in [0.25, 0.3) is 0 Å². The lowest BCUT2D eigenvalue weighted by Crippen LogP contribution is -2.37. The van der Waals surface area contributed by atoms with Gasteiger partial charge in [0.2, 0.25) is 0 Å². The molecule has 4 N–H and O–H groups in total. The Hall–Kier alpha value is -1.42. The van der Waals surface area contributed by atoms with Crippen LogP contribution in [0.1, 0.15) is 36.2 Å². The van der Waals surface area contributed by atoms with Gasteiger partial charge in [-0.15, -0.1) is 0 Å². The van der Waals surface area contributed by atoms with Gasteiger partial charge < -0.3 is 11.5 Å². The van der Waals surface area contributed by atoms with Gasteiger partial charge in [0.15, 0.2) is 5.78 Å². The fourth-order valence-electron chi connectivity index (χ4n) is 1.47. The van der Waals surface area contributed by atoms with Crippen molar-refractivity contribution in [3.63, 3.8) is 0 Å². The number of hydrogen-bond acceptors (Lipinski definition) is 4. The van der Waals surface area contributed by atoms with Crippen molar-refractivity contribution in [2.75, 3.05) is 5.73 Å². The van der Waals surface area contributed by atoms with Gasteiger partial charge in [-0.1, -0.05) is 20.3 Å². The smallest absolute Gasteiger partial charge is 0.183 e. The summed E-state index contributed by atoms with van der Waals surface area (Å²) >= 11 is 0. The van der Waals surface area contributed by atoms with E-state index in [1.165, 1.54) is 0 Å². The number of carbonyl (C=O) groups excluding carboxylic acids is 1. The Morgan fingerprint density at radius 1 is 1.56 bits per heavy atom. The maximum absolute atomic E-state index is 12.1. The zero-order chi connectivity index (χ0) is 12.3. The number of nitrogens with zero attached hydrogens (tertiary/aromatic N) is 1. The van der Waals surface area contributed by atoms with E-state index >= 15 is 0 Å². The molecule has 4 heteroatoms. The quantitative estimate of drug-likeness (QED) is 0.755. The summed E-state index contributed by atoms with van der Waals surface area (Å²) in [5, 5.41) is 0. The van der Waals surface area contributed by atoms with Crippen LogP contribution in [-0.4, -0.2) is 16.8 Å². The molecule has 0 spiro atoms. The van der Waals surface area contributed by atoms with Crippen LogP contribution in [0.3, 0.4) is 0 Å². The molecule has 88 valence electrons. The second-order valence-corrected chi connectivity index (χ2v) is 4.22. The maximum atomic E-state index is 12.1. The highest BCUT2D eigenvalue weighted by Gasteiger charge is 2.23.